The molecule has 2 rings (SSSR count). The van der Waals surface area contributed by atoms with Crippen molar-refractivity contribution in [1.82, 2.24) is 5.32 Å². The van der Waals surface area contributed by atoms with E-state index in [1.54, 1.807) is 0 Å². The van der Waals surface area contributed by atoms with E-state index in [2.05, 4.69) is 5.32 Å². The zero-order valence-corrected chi connectivity index (χ0v) is 10.4. The molecule has 0 amide bonds. The molecule has 0 unspecified atom stereocenters. The molecule has 3 nitrogen and oxygen atoms in total. The molecule has 1 N–H and O–H groups in total. The van der Waals surface area contributed by atoms with Crippen molar-refractivity contribution in [2.75, 3.05) is 20.2 Å². The lowest BCUT2D eigenvalue weighted by Gasteiger charge is -2.09. The maximum Gasteiger partial charge on any atom is 0.131 e. The van der Waals surface area contributed by atoms with Crippen LogP contribution in [0.25, 0.3) is 0 Å². The minimum atomic E-state index is 0.644. The number of ether oxygens (including phenoxy) is 2. The second-order valence-corrected chi connectivity index (χ2v) is 3.84. The fraction of sp³-hybridized carbons (Fsp3) is 0.200. The molecule has 0 aliphatic heterocycles. The first-order valence-electron chi connectivity index (χ1n) is 5.99. The maximum absolute atomic E-state index is 5.73. The molecular weight excluding hydrogens is 226 g/mol. The lowest BCUT2D eigenvalue weighted by Crippen LogP contribution is -2.15. The van der Waals surface area contributed by atoms with Crippen LogP contribution in [0.4, 0.5) is 0 Å². The minimum absolute atomic E-state index is 0.644. The Bertz CT molecular complexity index is 471. The van der Waals surface area contributed by atoms with E-state index in [0.717, 1.165) is 23.8 Å². The Balaban J connectivity index is 1.99. The number of likely N-dealkylation sites (N-methyl/N-ethyl adjacent to an activating group) is 1. The van der Waals surface area contributed by atoms with Crippen molar-refractivity contribution in [3.63, 3.8) is 0 Å². The zero-order chi connectivity index (χ0) is 12.6. The lowest BCUT2D eigenvalue weighted by molar-refractivity contribution is 0.317. The predicted molar refractivity (Wildman–Crippen MR) is 72.4 cm³/mol. The molecular formula is C15H17NO2. The summed E-state index contributed by atoms with van der Waals surface area (Å²) in [7, 11) is 1.90. The summed E-state index contributed by atoms with van der Waals surface area (Å²) in [6.45, 7) is 1.47. The van der Waals surface area contributed by atoms with Crippen LogP contribution in [0, 0.1) is 0 Å². The molecule has 2 aromatic carbocycles. The van der Waals surface area contributed by atoms with Gasteiger partial charge in [0.05, 0.1) is 0 Å². The molecule has 0 saturated carbocycles. The highest BCUT2D eigenvalue weighted by atomic mass is 16.5. The first kappa shape index (κ1) is 12.5. The van der Waals surface area contributed by atoms with Gasteiger partial charge in [-0.05, 0) is 31.3 Å². The fourth-order valence-corrected chi connectivity index (χ4v) is 1.52. The van der Waals surface area contributed by atoms with Crippen LogP contribution in [0.3, 0.4) is 0 Å². The van der Waals surface area contributed by atoms with Crippen molar-refractivity contribution >= 4 is 0 Å². The third-order valence-electron chi connectivity index (χ3n) is 2.41. The van der Waals surface area contributed by atoms with Crippen LogP contribution in [-0.2, 0) is 0 Å². The third kappa shape index (κ3) is 3.79. The average Bonchev–Trinajstić information content (AvgIpc) is 2.41. The summed E-state index contributed by atoms with van der Waals surface area (Å²) in [5.74, 6) is 2.42. The lowest BCUT2D eigenvalue weighted by atomic mass is 10.3. The average molecular weight is 243 g/mol. The third-order valence-corrected chi connectivity index (χ3v) is 2.41. The van der Waals surface area contributed by atoms with E-state index in [1.807, 2.05) is 61.6 Å². The van der Waals surface area contributed by atoms with Crippen LogP contribution in [0.5, 0.6) is 17.2 Å². The first-order valence-corrected chi connectivity index (χ1v) is 5.99. The van der Waals surface area contributed by atoms with Crippen LogP contribution in [-0.4, -0.2) is 20.2 Å². The van der Waals surface area contributed by atoms with Crippen molar-refractivity contribution in [2.45, 2.75) is 0 Å². The molecule has 0 atom stereocenters. The van der Waals surface area contributed by atoms with E-state index < -0.39 is 0 Å². The number of hydrogen-bond donors (Lipinski definition) is 1. The van der Waals surface area contributed by atoms with E-state index in [9.17, 15) is 0 Å². The quantitative estimate of drug-likeness (QED) is 0.791. The molecule has 3 heteroatoms. The molecule has 0 saturated heterocycles. The topological polar surface area (TPSA) is 30.5 Å². The van der Waals surface area contributed by atoms with E-state index in [-0.39, 0.29) is 0 Å². The van der Waals surface area contributed by atoms with Gasteiger partial charge in [0.1, 0.15) is 23.9 Å². The van der Waals surface area contributed by atoms with Gasteiger partial charge in [0.2, 0.25) is 0 Å². The highest BCUT2D eigenvalue weighted by Crippen LogP contribution is 2.24. The van der Waals surface area contributed by atoms with Crippen molar-refractivity contribution < 1.29 is 9.47 Å². The predicted octanol–water partition coefficient (Wildman–Crippen LogP) is 3.08. The number of rotatable bonds is 6. The van der Waals surface area contributed by atoms with Crippen LogP contribution < -0.4 is 14.8 Å². The summed E-state index contributed by atoms with van der Waals surface area (Å²) in [6, 6.07) is 17.4. The molecule has 0 spiro atoms. The standard InChI is InChI=1S/C15H17NO2/c1-16-10-11-17-14-8-5-9-15(12-14)18-13-6-3-2-4-7-13/h2-9,12,16H,10-11H2,1H3. The van der Waals surface area contributed by atoms with E-state index in [4.69, 9.17) is 9.47 Å². The van der Waals surface area contributed by atoms with Crippen LogP contribution in [0.15, 0.2) is 54.6 Å². The van der Waals surface area contributed by atoms with Gasteiger partial charge in [-0.3, -0.25) is 0 Å². The van der Waals surface area contributed by atoms with E-state index >= 15 is 0 Å². The van der Waals surface area contributed by atoms with E-state index in [0.29, 0.717) is 6.61 Å². The Kier molecular flexibility index (Phi) is 4.61. The summed E-state index contributed by atoms with van der Waals surface area (Å²) in [4.78, 5) is 0. The van der Waals surface area contributed by atoms with Gasteiger partial charge in [0.25, 0.3) is 0 Å². The summed E-state index contributed by atoms with van der Waals surface area (Å²) >= 11 is 0. The van der Waals surface area contributed by atoms with Crippen molar-refractivity contribution in [2.24, 2.45) is 0 Å². The summed E-state index contributed by atoms with van der Waals surface area (Å²) in [5, 5.41) is 3.04. The highest BCUT2D eigenvalue weighted by Gasteiger charge is 1.99. The minimum Gasteiger partial charge on any atom is -0.492 e. The molecule has 0 aromatic heterocycles. The molecule has 0 bridgehead atoms. The van der Waals surface area contributed by atoms with Gasteiger partial charge in [0, 0.05) is 12.6 Å². The number of nitrogens with one attached hydrogen (secondary N) is 1. The normalized spacial score (nSPS) is 10.1. The fourth-order valence-electron chi connectivity index (χ4n) is 1.52. The molecule has 0 fully saturated rings. The van der Waals surface area contributed by atoms with Crippen molar-refractivity contribution in [3.05, 3.63) is 54.6 Å². The van der Waals surface area contributed by atoms with E-state index in [1.165, 1.54) is 0 Å². The van der Waals surface area contributed by atoms with Gasteiger partial charge in [-0.15, -0.1) is 0 Å². The van der Waals surface area contributed by atoms with Crippen LogP contribution >= 0.6 is 0 Å². The maximum atomic E-state index is 5.73. The molecule has 94 valence electrons. The largest absolute Gasteiger partial charge is 0.492 e. The zero-order valence-electron chi connectivity index (χ0n) is 10.4. The van der Waals surface area contributed by atoms with Crippen LogP contribution in [0.2, 0.25) is 0 Å². The Labute approximate surface area is 107 Å². The van der Waals surface area contributed by atoms with Gasteiger partial charge >= 0.3 is 0 Å². The SMILES string of the molecule is CNCCOc1cccc(Oc2ccccc2)c1. The molecule has 0 heterocycles. The van der Waals surface area contributed by atoms with Gasteiger partial charge in [0.15, 0.2) is 0 Å². The Morgan fingerprint density at radius 2 is 1.61 bits per heavy atom. The smallest absolute Gasteiger partial charge is 0.131 e. The molecule has 0 aliphatic carbocycles. The summed E-state index contributed by atoms with van der Waals surface area (Å²) in [6.07, 6.45) is 0. The van der Waals surface area contributed by atoms with Gasteiger partial charge in [-0.2, -0.15) is 0 Å². The monoisotopic (exact) mass is 243 g/mol. The molecule has 0 aliphatic rings. The number of benzene rings is 2. The van der Waals surface area contributed by atoms with Gasteiger partial charge in [-0.1, -0.05) is 24.3 Å². The van der Waals surface area contributed by atoms with Crippen molar-refractivity contribution in [3.8, 4) is 17.2 Å². The van der Waals surface area contributed by atoms with Gasteiger partial charge < -0.3 is 14.8 Å². The highest BCUT2D eigenvalue weighted by molar-refractivity contribution is 5.36. The summed E-state index contributed by atoms with van der Waals surface area (Å²) in [5.41, 5.74) is 0. The summed E-state index contributed by atoms with van der Waals surface area (Å²) < 4.78 is 11.3. The second kappa shape index (κ2) is 6.67. The molecule has 18 heavy (non-hydrogen) atoms. The van der Waals surface area contributed by atoms with Crippen LogP contribution in [0.1, 0.15) is 0 Å². The van der Waals surface area contributed by atoms with Gasteiger partial charge in [-0.25, -0.2) is 0 Å². The Hall–Kier alpha value is -2.00. The number of para-hydroxylation sites is 1. The molecule has 0 radical (unpaired) electrons. The molecule has 2 aromatic rings. The first-order chi connectivity index (χ1) is 8.88. The Morgan fingerprint density at radius 3 is 2.39 bits per heavy atom. The Morgan fingerprint density at radius 1 is 0.889 bits per heavy atom. The second-order valence-electron chi connectivity index (χ2n) is 3.84. The number of hydrogen-bond acceptors (Lipinski definition) is 3. The van der Waals surface area contributed by atoms with Crippen molar-refractivity contribution in [1.29, 1.82) is 0 Å².